The summed E-state index contributed by atoms with van der Waals surface area (Å²) in [5.74, 6) is 0.875. The minimum absolute atomic E-state index is 0.548. The molecule has 1 unspecified atom stereocenters. The number of nitrogens with one attached hydrogen (secondary N) is 2. The third-order valence-electron chi connectivity index (χ3n) is 5.80. The highest BCUT2D eigenvalue weighted by Gasteiger charge is 2.16. The molecule has 1 aliphatic rings. The van der Waals surface area contributed by atoms with Crippen LogP contribution in [0.25, 0.3) is 11.1 Å². The van der Waals surface area contributed by atoms with E-state index in [4.69, 9.17) is 4.74 Å². The average molecular weight is 420 g/mol. The van der Waals surface area contributed by atoms with Crippen molar-refractivity contribution in [1.29, 1.82) is 0 Å². The number of nitrogens with zero attached hydrogens (tertiary/aromatic N) is 3. The first kappa shape index (κ1) is 21.4. The zero-order valence-corrected chi connectivity index (χ0v) is 18.8. The average Bonchev–Trinajstić information content (AvgIpc) is 3.18. The van der Waals surface area contributed by atoms with Crippen LogP contribution in [0.3, 0.4) is 0 Å². The van der Waals surface area contributed by atoms with Gasteiger partial charge in [0.1, 0.15) is 0 Å². The summed E-state index contributed by atoms with van der Waals surface area (Å²) in [6.45, 7) is 6.73. The van der Waals surface area contributed by atoms with Gasteiger partial charge in [-0.05, 0) is 45.2 Å². The Hall–Kier alpha value is -2.86. The van der Waals surface area contributed by atoms with Gasteiger partial charge in [-0.3, -0.25) is 9.67 Å². The molecular formula is C25H33N5O. The zero-order valence-electron chi connectivity index (χ0n) is 18.8. The molecule has 2 N–H and O–H groups in total. The number of anilines is 1. The second-order valence-corrected chi connectivity index (χ2v) is 8.60. The molecule has 31 heavy (non-hydrogen) atoms. The summed E-state index contributed by atoms with van der Waals surface area (Å²) in [7, 11) is 1.93. The molecule has 0 spiro atoms. The van der Waals surface area contributed by atoms with E-state index in [1.807, 2.05) is 36.5 Å². The molecule has 164 valence electrons. The van der Waals surface area contributed by atoms with Gasteiger partial charge >= 0.3 is 0 Å². The highest BCUT2D eigenvalue weighted by molar-refractivity contribution is 5.77. The van der Waals surface area contributed by atoms with Crippen LogP contribution in [-0.4, -0.2) is 34.0 Å². The lowest BCUT2D eigenvalue weighted by Gasteiger charge is -2.24. The van der Waals surface area contributed by atoms with Crippen molar-refractivity contribution >= 4 is 5.69 Å². The molecule has 3 aromatic rings. The van der Waals surface area contributed by atoms with Crippen molar-refractivity contribution in [2.75, 3.05) is 18.5 Å². The summed E-state index contributed by atoms with van der Waals surface area (Å²) in [6.07, 6.45) is 12.5. The lowest BCUT2D eigenvalue weighted by molar-refractivity contribution is 0.269. The maximum absolute atomic E-state index is 6.44. The summed E-state index contributed by atoms with van der Waals surface area (Å²) in [6, 6.07) is 7.14. The summed E-state index contributed by atoms with van der Waals surface area (Å²) < 4.78 is 8.25. The van der Waals surface area contributed by atoms with E-state index in [2.05, 4.69) is 52.8 Å². The van der Waals surface area contributed by atoms with Gasteiger partial charge in [-0.15, -0.1) is 0 Å². The molecule has 3 heterocycles. The van der Waals surface area contributed by atoms with Gasteiger partial charge in [0.25, 0.3) is 0 Å². The Balaban J connectivity index is 1.58. The second kappa shape index (κ2) is 9.96. The van der Waals surface area contributed by atoms with Gasteiger partial charge < -0.3 is 15.4 Å². The van der Waals surface area contributed by atoms with Crippen LogP contribution < -0.4 is 15.4 Å². The minimum atomic E-state index is 0.548. The number of hydrogen-bond donors (Lipinski definition) is 2. The second-order valence-electron chi connectivity index (χ2n) is 8.60. The number of hydrogen-bond acceptors (Lipinski definition) is 5. The smallest absolute Gasteiger partial charge is 0.153 e. The molecule has 1 aromatic carbocycles. The van der Waals surface area contributed by atoms with E-state index in [0.29, 0.717) is 19.2 Å². The van der Waals surface area contributed by atoms with Crippen LogP contribution in [0, 0.1) is 13.8 Å². The summed E-state index contributed by atoms with van der Waals surface area (Å²) >= 11 is 0. The van der Waals surface area contributed by atoms with Crippen molar-refractivity contribution in [2.24, 2.45) is 7.05 Å². The molecule has 1 fully saturated rings. The fourth-order valence-corrected chi connectivity index (χ4v) is 4.30. The molecule has 1 atom stereocenters. The standard InChI is InChI=1S/C25H33N5O/c1-18-10-19(2)12-21(11-18)23-15-26-16-24(28-13-20-14-29-30(3)17-20)25(23)31-9-7-22-6-4-5-8-27-22/h10-12,14-17,22,27-28H,4-9,13H2,1-3H3. The highest BCUT2D eigenvalue weighted by atomic mass is 16.5. The van der Waals surface area contributed by atoms with Gasteiger partial charge in [0, 0.05) is 43.2 Å². The Labute approximate surface area is 185 Å². The van der Waals surface area contributed by atoms with E-state index in [1.54, 1.807) is 0 Å². The molecule has 6 nitrogen and oxygen atoms in total. The maximum atomic E-state index is 6.44. The van der Waals surface area contributed by atoms with Gasteiger partial charge in [0.05, 0.1) is 24.7 Å². The fraction of sp³-hybridized carbons (Fsp3) is 0.440. The van der Waals surface area contributed by atoms with Gasteiger partial charge in [-0.25, -0.2) is 0 Å². The first-order chi connectivity index (χ1) is 15.1. The van der Waals surface area contributed by atoms with Crippen LogP contribution in [0.1, 0.15) is 42.4 Å². The van der Waals surface area contributed by atoms with Gasteiger partial charge in [0.2, 0.25) is 0 Å². The monoisotopic (exact) mass is 419 g/mol. The lowest BCUT2D eigenvalue weighted by atomic mass is 10.0. The number of rotatable bonds is 8. The van der Waals surface area contributed by atoms with Crippen LogP contribution in [0.5, 0.6) is 5.75 Å². The molecule has 1 aliphatic heterocycles. The van der Waals surface area contributed by atoms with Gasteiger partial charge in [-0.1, -0.05) is 35.7 Å². The van der Waals surface area contributed by atoms with Gasteiger partial charge in [0.15, 0.2) is 5.75 Å². The lowest BCUT2D eigenvalue weighted by Crippen LogP contribution is -2.35. The van der Waals surface area contributed by atoms with Crippen molar-refractivity contribution in [3.05, 3.63) is 59.7 Å². The first-order valence-electron chi connectivity index (χ1n) is 11.2. The molecule has 6 heteroatoms. The Morgan fingerprint density at radius 1 is 1.13 bits per heavy atom. The van der Waals surface area contributed by atoms with Crippen LogP contribution >= 0.6 is 0 Å². The molecule has 0 amide bonds. The van der Waals surface area contributed by atoms with Gasteiger partial charge in [-0.2, -0.15) is 5.10 Å². The summed E-state index contributed by atoms with van der Waals surface area (Å²) in [5, 5.41) is 11.4. The number of pyridine rings is 1. The quantitative estimate of drug-likeness (QED) is 0.558. The van der Waals surface area contributed by atoms with Crippen LogP contribution in [-0.2, 0) is 13.6 Å². The fourth-order valence-electron chi connectivity index (χ4n) is 4.30. The van der Waals surface area contributed by atoms with E-state index < -0.39 is 0 Å². The number of ether oxygens (including phenoxy) is 1. The topological polar surface area (TPSA) is 64.0 Å². The summed E-state index contributed by atoms with van der Waals surface area (Å²) in [5.41, 5.74) is 6.68. The van der Waals surface area contributed by atoms with E-state index in [1.165, 1.54) is 30.4 Å². The molecular weight excluding hydrogens is 386 g/mol. The van der Waals surface area contributed by atoms with E-state index in [9.17, 15) is 0 Å². The van der Waals surface area contributed by atoms with Crippen molar-refractivity contribution in [3.8, 4) is 16.9 Å². The van der Waals surface area contributed by atoms with Crippen LogP contribution in [0.15, 0.2) is 43.0 Å². The Kier molecular flexibility index (Phi) is 6.87. The Morgan fingerprint density at radius 3 is 2.68 bits per heavy atom. The molecule has 0 saturated carbocycles. The molecule has 2 aromatic heterocycles. The normalized spacial score (nSPS) is 16.3. The number of benzene rings is 1. The number of aryl methyl sites for hydroxylation is 3. The van der Waals surface area contributed by atoms with E-state index >= 15 is 0 Å². The third-order valence-corrected chi connectivity index (χ3v) is 5.80. The predicted octanol–water partition coefficient (Wildman–Crippen LogP) is 4.62. The Bertz CT molecular complexity index is 987. The van der Waals surface area contributed by atoms with E-state index in [-0.39, 0.29) is 0 Å². The largest absolute Gasteiger partial charge is 0.491 e. The maximum Gasteiger partial charge on any atom is 0.153 e. The van der Waals surface area contributed by atoms with Crippen LogP contribution in [0.4, 0.5) is 5.69 Å². The number of aromatic nitrogens is 3. The highest BCUT2D eigenvalue weighted by Crippen LogP contribution is 2.37. The van der Waals surface area contributed by atoms with Crippen molar-refractivity contribution in [2.45, 2.75) is 52.1 Å². The van der Waals surface area contributed by atoms with Crippen molar-refractivity contribution in [1.82, 2.24) is 20.1 Å². The third kappa shape index (κ3) is 5.64. The molecule has 1 saturated heterocycles. The summed E-state index contributed by atoms with van der Waals surface area (Å²) in [4.78, 5) is 4.52. The number of piperidine rings is 1. The Morgan fingerprint density at radius 2 is 1.97 bits per heavy atom. The first-order valence-corrected chi connectivity index (χ1v) is 11.2. The van der Waals surface area contributed by atoms with Crippen LogP contribution in [0.2, 0.25) is 0 Å². The van der Waals surface area contributed by atoms with Crippen molar-refractivity contribution in [3.63, 3.8) is 0 Å². The molecule has 0 bridgehead atoms. The SMILES string of the molecule is Cc1cc(C)cc(-c2cncc(NCc3cnn(C)c3)c2OCCC2CCCCN2)c1. The molecule has 4 rings (SSSR count). The minimum Gasteiger partial charge on any atom is -0.491 e. The van der Waals surface area contributed by atoms with Crippen molar-refractivity contribution < 1.29 is 4.74 Å². The predicted molar refractivity (Wildman–Crippen MR) is 125 cm³/mol. The molecule has 0 aliphatic carbocycles. The zero-order chi connectivity index (χ0) is 21.6. The van der Waals surface area contributed by atoms with E-state index in [0.717, 1.165) is 41.1 Å². The molecule has 0 radical (unpaired) electrons.